The van der Waals surface area contributed by atoms with Crippen LogP contribution in [0.15, 0.2) is 48.5 Å². The summed E-state index contributed by atoms with van der Waals surface area (Å²) in [6.45, 7) is 10.0. The third kappa shape index (κ3) is 8.38. The number of hydrogen-bond acceptors (Lipinski definition) is 4. The van der Waals surface area contributed by atoms with E-state index in [2.05, 4.69) is 5.32 Å². The zero-order chi connectivity index (χ0) is 26.2. The number of benzene rings is 2. The number of para-hydroxylation sites is 1. The monoisotopic (exact) mass is 501 g/mol. The van der Waals surface area contributed by atoms with Crippen LogP contribution in [0.2, 0.25) is 0 Å². The van der Waals surface area contributed by atoms with Crippen molar-refractivity contribution in [2.75, 3.05) is 17.1 Å². The Kier molecular flexibility index (Phi) is 10.3. The largest absolute Gasteiger partial charge is 0.352 e. The third-order valence-electron chi connectivity index (χ3n) is 6.14. The van der Waals surface area contributed by atoms with E-state index in [9.17, 15) is 18.0 Å². The van der Waals surface area contributed by atoms with Gasteiger partial charge in [-0.2, -0.15) is 0 Å². The number of aryl methyl sites for hydroxylation is 2. The molecule has 2 aromatic rings. The molecule has 0 unspecified atom stereocenters. The molecule has 0 radical (unpaired) electrons. The van der Waals surface area contributed by atoms with Gasteiger partial charge in [0.15, 0.2) is 0 Å². The highest BCUT2D eigenvalue weighted by Gasteiger charge is 2.27. The van der Waals surface area contributed by atoms with Crippen LogP contribution in [0.1, 0.15) is 56.7 Å². The summed E-state index contributed by atoms with van der Waals surface area (Å²) in [5.41, 5.74) is 3.48. The minimum absolute atomic E-state index is 0.0123. The highest BCUT2D eigenvalue weighted by Crippen LogP contribution is 2.23. The molecule has 0 fully saturated rings. The van der Waals surface area contributed by atoms with Gasteiger partial charge < -0.3 is 10.2 Å². The molecule has 0 aliphatic heterocycles. The lowest BCUT2D eigenvalue weighted by Crippen LogP contribution is -2.49. The van der Waals surface area contributed by atoms with Crippen molar-refractivity contribution in [3.63, 3.8) is 0 Å². The Morgan fingerprint density at radius 2 is 1.71 bits per heavy atom. The number of nitrogens with one attached hydrogen (secondary N) is 1. The first-order chi connectivity index (χ1) is 16.4. The number of anilines is 1. The summed E-state index contributed by atoms with van der Waals surface area (Å²) in [6.07, 6.45) is 2.44. The topological polar surface area (TPSA) is 86.8 Å². The van der Waals surface area contributed by atoms with Crippen LogP contribution in [0, 0.1) is 13.8 Å². The van der Waals surface area contributed by atoms with Crippen LogP contribution < -0.4 is 9.62 Å². The lowest BCUT2D eigenvalue weighted by atomic mass is 10.1. The predicted molar refractivity (Wildman–Crippen MR) is 142 cm³/mol. The summed E-state index contributed by atoms with van der Waals surface area (Å²) >= 11 is 0. The molecular formula is C27H39N3O4S. The maximum absolute atomic E-state index is 13.3. The Labute approximate surface area is 210 Å². The van der Waals surface area contributed by atoms with Crippen molar-refractivity contribution in [3.05, 3.63) is 65.2 Å². The fourth-order valence-corrected chi connectivity index (χ4v) is 4.90. The minimum Gasteiger partial charge on any atom is -0.352 e. The Bertz CT molecular complexity index is 1120. The van der Waals surface area contributed by atoms with E-state index in [1.807, 2.05) is 64.1 Å². The summed E-state index contributed by atoms with van der Waals surface area (Å²) in [5.74, 6) is -0.380. The molecule has 2 atom stereocenters. The second-order valence-corrected chi connectivity index (χ2v) is 11.1. The fourth-order valence-electron chi connectivity index (χ4n) is 3.88. The van der Waals surface area contributed by atoms with E-state index in [-0.39, 0.29) is 30.8 Å². The third-order valence-corrected chi connectivity index (χ3v) is 7.32. The summed E-state index contributed by atoms with van der Waals surface area (Å²) < 4.78 is 26.3. The van der Waals surface area contributed by atoms with Gasteiger partial charge >= 0.3 is 0 Å². The molecule has 0 saturated heterocycles. The van der Waals surface area contributed by atoms with Gasteiger partial charge in [-0.3, -0.25) is 13.9 Å². The van der Waals surface area contributed by atoms with Crippen molar-refractivity contribution in [1.29, 1.82) is 0 Å². The number of carbonyl (C=O) groups is 2. The number of rotatable bonds is 12. The lowest BCUT2D eigenvalue weighted by Gasteiger charge is -2.30. The first-order valence-electron chi connectivity index (χ1n) is 12.1. The number of sulfonamides is 1. The van der Waals surface area contributed by atoms with Crippen LogP contribution in [0.25, 0.3) is 0 Å². The molecule has 8 heteroatoms. The van der Waals surface area contributed by atoms with E-state index in [1.54, 1.807) is 24.0 Å². The molecule has 0 aromatic heterocycles. The van der Waals surface area contributed by atoms with E-state index in [4.69, 9.17) is 0 Å². The molecule has 2 rings (SSSR count). The van der Waals surface area contributed by atoms with Crippen LogP contribution >= 0.6 is 0 Å². The number of hydrogen-bond donors (Lipinski definition) is 1. The average Bonchev–Trinajstić information content (AvgIpc) is 2.79. The molecule has 0 spiro atoms. The van der Waals surface area contributed by atoms with Crippen molar-refractivity contribution >= 4 is 27.5 Å². The van der Waals surface area contributed by atoms with Crippen molar-refractivity contribution in [1.82, 2.24) is 10.2 Å². The molecule has 0 bridgehead atoms. The Hall–Kier alpha value is -2.87. The van der Waals surface area contributed by atoms with E-state index in [0.29, 0.717) is 18.7 Å². The number of carbonyl (C=O) groups excluding carboxylic acids is 2. The van der Waals surface area contributed by atoms with E-state index in [0.717, 1.165) is 23.1 Å². The van der Waals surface area contributed by atoms with Gasteiger partial charge in [0.05, 0.1) is 11.9 Å². The molecule has 0 aliphatic rings. The molecule has 35 heavy (non-hydrogen) atoms. The fraction of sp³-hybridized carbons (Fsp3) is 0.481. The van der Waals surface area contributed by atoms with Gasteiger partial charge in [0.2, 0.25) is 21.8 Å². The van der Waals surface area contributed by atoms with Gasteiger partial charge in [-0.15, -0.1) is 0 Å². The standard InChI is InChI=1S/C27H39N3O4S/c1-7-22(4)28-27(32)23(5)29(19-24-14-10-12-20(2)18-24)26(31)16-11-17-30(35(6,33)34)25-15-9-8-13-21(25)3/h8-10,12-15,18,22-23H,7,11,16-17,19H2,1-6H3,(H,28,32)/t22-,23+/m0/s1. The molecule has 0 heterocycles. The Balaban J connectivity index is 2.18. The van der Waals surface area contributed by atoms with Crippen molar-refractivity contribution in [3.8, 4) is 0 Å². The molecular weight excluding hydrogens is 462 g/mol. The summed E-state index contributed by atoms with van der Waals surface area (Å²) in [5, 5.41) is 2.96. The van der Waals surface area contributed by atoms with Crippen molar-refractivity contribution < 1.29 is 18.0 Å². The van der Waals surface area contributed by atoms with Crippen LogP contribution in [0.3, 0.4) is 0 Å². The molecule has 0 aliphatic carbocycles. The highest BCUT2D eigenvalue weighted by atomic mass is 32.2. The zero-order valence-electron chi connectivity index (χ0n) is 21.7. The molecule has 1 N–H and O–H groups in total. The zero-order valence-corrected chi connectivity index (χ0v) is 22.6. The number of amides is 2. The molecule has 2 aromatic carbocycles. The summed E-state index contributed by atoms with van der Waals surface area (Å²) in [7, 11) is -3.51. The van der Waals surface area contributed by atoms with Crippen molar-refractivity contribution in [2.45, 2.75) is 72.5 Å². The van der Waals surface area contributed by atoms with Gasteiger partial charge in [0.1, 0.15) is 6.04 Å². The lowest BCUT2D eigenvalue weighted by molar-refractivity contribution is -0.140. The number of nitrogens with zero attached hydrogens (tertiary/aromatic N) is 2. The normalized spacial score (nSPS) is 13.1. The van der Waals surface area contributed by atoms with Crippen LogP contribution in [0.5, 0.6) is 0 Å². The van der Waals surface area contributed by atoms with Gasteiger partial charge in [0, 0.05) is 25.6 Å². The predicted octanol–water partition coefficient (Wildman–Crippen LogP) is 4.18. The van der Waals surface area contributed by atoms with E-state index < -0.39 is 16.1 Å². The smallest absolute Gasteiger partial charge is 0.242 e. The molecule has 192 valence electrons. The van der Waals surface area contributed by atoms with Gasteiger partial charge in [0.25, 0.3) is 0 Å². The summed E-state index contributed by atoms with van der Waals surface area (Å²) in [6, 6.07) is 14.5. The second-order valence-electron chi connectivity index (χ2n) is 9.23. The minimum atomic E-state index is -3.51. The van der Waals surface area contributed by atoms with Gasteiger partial charge in [-0.25, -0.2) is 8.42 Å². The maximum Gasteiger partial charge on any atom is 0.242 e. The van der Waals surface area contributed by atoms with Gasteiger partial charge in [-0.05, 0) is 57.7 Å². The quantitative estimate of drug-likeness (QED) is 0.473. The van der Waals surface area contributed by atoms with Crippen molar-refractivity contribution in [2.24, 2.45) is 0 Å². The van der Waals surface area contributed by atoms with E-state index >= 15 is 0 Å². The SMILES string of the molecule is CC[C@H](C)NC(=O)[C@@H](C)N(Cc1cccc(C)c1)C(=O)CCCN(c1ccccc1C)S(C)(=O)=O. The highest BCUT2D eigenvalue weighted by molar-refractivity contribution is 7.92. The first-order valence-corrected chi connectivity index (χ1v) is 14.0. The van der Waals surface area contributed by atoms with Crippen LogP contribution in [-0.2, 0) is 26.2 Å². The van der Waals surface area contributed by atoms with Gasteiger partial charge in [-0.1, -0.05) is 55.0 Å². The Morgan fingerprint density at radius 1 is 1.03 bits per heavy atom. The first kappa shape index (κ1) is 28.4. The summed E-state index contributed by atoms with van der Waals surface area (Å²) in [4.78, 5) is 27.8. The molecule has 0 saturated carbocycles. The molecule has 7 nitrogen and oxygen atoms in total. The average molecular weight is 502 g/mol. The van der Waals surface area contributed by atoms with Crippen LogP contribution in [0.4, 0.5) is 5.69 Å². The van der Waals surface area contributed by atoms with E-state index in [1.165, 1.54) is 10.6 Å². The maximum atomic E-state index is 13.3. The Morgan fingerprint density at radius 3 is 2.31 bits per heavy atom. The molecule has 2 amide bonds. The second kappa shape index (κ2) is 12.7. The van der Waals surface area contributed by atoms with Crippen LogP contribution in [-0.4, -0.2) is 50.0 Å².